The number of carboxylic acids is 1. The highest BCUT2D eigenvalue weighted by atomic mass is 16.4. The quantitative estimate of drug-likeness (QED) is 0.862. The van der Waals surface area contributed by atoms with Crippen LogP contribution in [0, 0.1) is 0 Å². The van der Waals surface area contributed by atoms with Crippen LogP contribution in [0.1, 0.15) is 30.4 Å². The normalized spacial score (nSPS) is 21.3. The first-order chi connectivity index (χ1) is 12.5. The van der Waals surface area contributed by atoms with Crippen molar-refractivity contribution in [3.63, 3.8) is 0 Å². The van der Waals surface area contributed by atoms with Gasteiger partial charge in [-0.2, -0.15) is 0 Å². The molecule has 6 nitrogen and oxygen atoms in total. The first-order valence-electron chi connectivity index (χ1n) is 9.52. The molecule has 3 rings (SSSR count). The van der Waals surface area contributed by atoms with Crippen molar-refractivity contribution in [2.75, 3.05) is 39.8 Å². The van der Waals surface area contributed by atoms with E-state index >= 15 is 0 Å². The summed E-state index contributed by atoms with van der Waals surface area (Å²) in [6, 6.07) is 8.65. The van der Waals surface area contributed by atoms with Crippen LogP contribution in [0.4, 0.5) is 0 Å². The lowest BCUT2D eigenvalue weighted by molar-refractivity contribution is -0.138. The Hall–Kier alpha value is -1.92. The van der Waals surface area contributed by atoms with Gasteiger partial charge in [0.15, 0.2) is 0 Å². The van der Waals surface area contributed by atoms with Gasteiger partial charge in [-0.3, -0.25) is 19.4 Å². The third-order valence-corrected chi connectivity index (χ3v) is 5.64. The van der Waals surface area contributed by atoms with Crippen LogP contribution in [-0.2, 0) is 22.6 Å². The molecule has 1 unspecified atom stereocenters. The molecule has 26 heavy (non-hydrogen) atoms. The fourth-order valence-electron chi connectivity index (χ4n) is 4.08. The number of hydrogen-bond acceptors (Lipinski definition) is 4. The molecule has 2 heterocycles. The minimum absolute atomic E-state index is 0.0801. The molecule has 0 aromatic heterocycles. The summed E-state index contributed by atoms with van der Waals surface area (Å²) in [5.41, 5.74) is 2.62. The van der Waals surface area contributed by atoms with Crippen molar-refractivity contribution in [1.29, 1.82) is 0 Å². The molecule has 2 aliphatic rings. The average Bonchev–Trinajstić information content (AvgIpc) is 2.86. The molecule has 1 saturated heterocycles. The number of carbonyl (C=O) groups excluding carboxylic acids is 1. The summed E-state index contributed by atoms with van der Waals surface area (Å²) in [7, 11) is 1.88. The van der Waals surface area contributed by atoms with Gasteiger partial charge < -0.3 is 10.0 Å². The molecule has 1 atom stereocenters. The van der Waals surface area contributed by atoms with Gasteiger partial charge in [0.25, 0.3) is 0 Å². The van der Waals surface area contributed by atoms with Crippen molar-refractivity contribution in [2.24, 2.45) is 0 Å². The van der Waals surface area contributed by atoms with Crippen molar-refractivity contribution in [1.82, 2.24) is 14.7 Å². The topological polar surface area (TPSA) is 64.1 Å². The number of amides is 1. The van der Waals surface area contributed by atoms with Gasteiger partial charge >= 0.3 is 5.97 Å². The fraction of sp³-hybridized carbons (Fsp3) is 0.600. The number of aliphatic carboxylic acids is 1. The van der Waals surface area contributed by atoms with Crippen LogP contribution >= 0.6 is 0 Å². The van der Waals surface area contributed by atoms with Gasteiger partial charge in [0.2, 0.25) is 5.91 Å². The highest BCUT2D eigenvalue weighted by Gasteiger charge is 2.25. The number of carboxylic acid groups (broad SMARTS) is 1. The van der Waals surface area contributed by atoms with E-state index in [0.29, 0.717) is 13.1 Å². The molecule has 1 aromatic rings. The summed E-state index contributed by atoms with van der Waals surface area (Å²) in [6.45, 7) is 3.83. The average molecular weight is 359 g/mol. The maximum absolute atomic E-state index is 12.7. The Morgan fingerprint density at radius 3 is 2.69 bits per heavy atom. The second-order valence-corrected chi connectivity index (χ2v) is 7.50. The Morgan fingerprint density at radius 2 is 1.92 bits per heavy atom. The number of benzene rings is 1. The Balaban J connectivity index is 1.50. The molecule has 2 aliphatic heterocycles. The first kappa shape index (κ1) is 18.9. The number of carbonyl (C=O) groups is 2. The van der Waals surface area contributed by atoms with Crippen molar-refractivity contribution in [3.05, 3.63) is 35.4 Å². The second-order valence-electron chi connectivity index (χ2n) is 7.50. The Morgan fingerprint density at radius 1 is 1.15 bits per heavy atom. The number of nitrogens with zero attached hydrogens (tertiary/aromatic N) is 3. The predicted molar refractivity (Wildman–Crippen MR) is 99.9 cm³/mol. The van der Waals surface area contributed by atoms with Crippen LogP contribution < -0.4 is 0 Å². The minimum atomic E-state index is -0.783. The summed E-state index contributed by atoms with van der Waals surface area (Å²) in [5.74, 6) is -0.578. The molecule has 1 aromatic carbocycles. The number of likely N-dealkylation sites (tertiary alicyclic amines) is 1. The van der Waals surface area contributed by atoms with Crippen molar-refractivity contribution >= 4 is 11.9 Å². The van der Waals surface area contributed by atoms with Crippen molar-refractivity contribution < 1.29 is 14.7 Å². The Labute approximate surface area is 155 Å². The van der Waals surface area contributed by atoms with Crippen LogP contribution in [-0.4, -0.2) is 77.5 Å². The highest BCUT2D eigenvalue weighted by Crippen LogP contribution is 2.20. The van der Waals surface area contributed by atoms with Gasteiger partial charge in [0.05, 0.1) is 13.1 Å². The maximum atomic E-state index is 12.7. The van der Waals surface area contributed by atoms with E-state index in [-0.39, 0.29) is 18.5 Å². The van der Waals surface area contributed by atoms with Gasteiger partial charge in [-0.1, -0.05) is 24.3 Å². The third kappa shape index (κ3) is 4.83. The monoisotopic (exact) mass is 359 g/mol. The number of fused-ring (bicyclic) bond motifs is 1. The summed E-state index contributed by atoms with van der Waals surface area (Å²) < 4.78 is 0. The van der Waals surface area contributed by atoms with E-state index in [9.17, 15) is 9.59 Å². The molecule has 6 heteroatoms. The Bertz CT molecular complexity index is 649. The van der Waals surface area contributed by atoms with E-state index in [1.165, 1.54) is 11.1 Å². The van der Waals surface area contributed by atoms with Gasteiger partial charge in [-0.05, 0) is 50.4 Å². The van der Waals surface area contributed by atoms with E-state index in [1.807, 2.05) is 22.9 Å². The van der Waals surface area contributed by atoms with Gasteiger partial charge in [0.1, 0.15) is 0 Å². The molecule has 0 radical (unpaired) electrons. The fourth-order valence-corrected chi connectivity index (χ4v) is 4.08. The molecular weight excluding hydrogens is 330 g/mol. The number of hydrogen-bond donors (Lipinski definition) is 1. The molecule has 0 spiro atoms. The summed E-state index contributed by atoms with van der Waals surface area (Å²) in [4.78, 5) is 29.8. The van der Waals surface area contributed by atoms with Crippen LogP contribution in [0.3, 0.4) is 0 Å². The van der Waals surface area contributed by atoms with E-state index in [1.54, 1.807) is 0 Å². The summed E-state index contributed by atoms with van der Waals surface area (Å²) >= 11 is 0. The van der Waals surface area contributed by atoms with Crippen molar-refractivity contribution in [3.8, 4) is 0 Å². The van der Waals surface area contributed by atoms with Crippen LogP contribution in [0.15, 0.2) is 24.3 Å². The lowest BCUT2D eigenvalue weighted by atomic mass is 10.00. The zero-order chi connectivity index (χ0) is 18.5. The molecule has 0 aliphatic carbocycles. The summed E-state index contributed by atoms with van der Waals surface area (Å²) in [6.07, 6.45) is 3.85. The lowest BCUT2D eigenvalue weighted by Crippen LogP contribution is -2.43. The van der Waals surface area contributed by atoms with Crippen LogP contribution in [0.5, 0.6) is 0 Å². The van der Waals surface area contributed by atoms with E-state index < -0.39 is 5.97 Å². The Kier molecular flexibility index (Phi) is 6.27. The maximum Gasteiger partial charge on any atom is 0.317 e. The predicted octanol–water partition coefficient (Wildman–Crippen LogP) is 1.44. The van der Waals surface area contributed by atoms with Gasteiger partial charge in [0, 0.05) is 25.7 Å². The third-order valence-electron chi connectivity index (χ3n) is 5.64. The standard InChI is InChI=1S/C20H29N3O3/c1-21(15-20(25)26)18-7-4-10-22(11-9-18)14-19(24)23-12-8-16-5-2-3-6-17(16)13-23/h2-3,5-6,18H,4,7-15H2,1H3,(H,25,26). The van der Waals surface area contributed by atoms with E-state index in [2.05, 4.69) is 23.1 Å². The number of likely N-dealkylation sites (N-methyl/N-ethyl adjacent to an activating group) is 1. The lowest BCUT2D eigenvalue weighted by Gasteiger charge is -2.31. The van der Waals surface area contributed by atoms with Gasteiger partial charge in [-0.15, -0.1) is 0 Å². The molecule has 1 fully saturated rings. The zero-order valence-corrected chi connectivity index (χ0v) is 15.6. The van der Waals surface area contributed by atoms with Crippen LogP contribution in [0.2, 0.25) is 0 Å². The van der Waals surface area contributed by atoms with Crippen molar-refractivity contribution in [2.45, 2.75) is 38.3 Å². The molecule has 1 N–H and O–H groups in total. The first-order valence-corrected chi connectivity index (χ1v) is 9.52. The molecule has 1 amide bonds. The van der Waals surface area contributed by atoms with Crippen LogP contribution in [0.25, 0.3) is 0 Å². The highest BCUT2D eigenvalue weighted by molar-refractivity contribution is 5.78. The van der Waals surface area contributed by atoms with E-state index in [0.717, 1.165) is 45.3 Å². The van der Waals surface area contributed by atoms with Gasteiger partial charge in [-0.25, -0.2) is 0 Å². The second kappa shape index (κ2) is 8.64. The SMILES string of the molecule is CN(CC(=O)O)C1CCCN(CC(=O)N2CCc3ccccc3C2)CC1. The molecule has 142 valence electrons. The number of rotatable bonds is 5. The van der Waals surface area contributed by atoms with E-state index in [4.69, 9.17) is 5.11 Å². The molecule has 0 bridgehead atoms. The summed E-state index contributed by atoms with van der Waals surface area (Å²) in [5, 5.41) is 8.97. The molecular formula is C20H29N3O3. The minimum Gasteiger partial charge on any atom is -0.480 e. The zero-order valence-electron chi connectivity index (χ0n) is 15.6. The smallest absolute Gasteiger partial charge is 0.317 e. The molecule has 0 saturated carbocycles. The largest absolute Gasteiger partial charge is 0.480 e.